The second-order valence-electron chi connectivity index (χ2n) is 5.96. The lowest BCUT2D eigenvalue weighted by Gasteiger charge is -2.28. The van der Waals surface area contributed by atoms with Crippen molar-refractivity contribution < 1.29 is 13.9 Å². The monoisotopic (exact) mass is 302 g/mol. The molecule has 0 radical (unpaired) electrons. The molecule has 22 heavy (non-hydrogen) atoms. The van der Waals surface area contributed by atoms with Crippen LogP contribution >= 0.6 is 0 Å². The number of H-pyrrole nitrogens is 1. The van der Waals surface area contributed by atoms with Gasteiger partial charge in [0.25, 0.3) is 0 Å². The number of hydrogen-bond acceptors (Lipinski definition) is 3. The van der Waals surface area contributed by atoms with Crippen LogP contribution in [-0.2, 0) is 14.9 Å². The number of aromatic amines is 1. The van der Waals surface area contributed by atoms with Crippen LogP contribution in [0.15, 0.2) is 30.6 Å². The molecule has 0 aliphatic heterocycles. The number of halogens is 1. The number of hydrogen-bond donors (Lipinski definition) is 1. The number of carbonyl (C=O) groups is 1. The van der Waals surface area contributed by atoms with E-state index >= 15 is 0 Å². The van der Waals surface area contributed by atoms with Crippen molar-refractivity contribution in [3.8, 4) is 0 Å². The maximum atomic E-state index is 14.0. The van der Waals surface area contributed by atoms with Crippen molar-refractivity contribution in [1.29, 1.82) is 0 Å². The number of benzene rings is 1. The van der Waals surface area contributed by atoms with E-state index in [4.69, 9.17) is 4.74 Å². The zero-order chi connectivity index (χ0) is 15.7. The third-order valence-electron chi connectivity index (χ3n) is 4.86. The zero-order valence-corrected chi connectivity index (χ0v) is 12.7. The second-order valence-corrected chi connectivity index (χ2v) is 5.96. The molecule has 2 unspecified atom stereocenters. The summed E-state index contributed by atoms with van der Waals surface area (Å²) in [6.07, 6.45) is 5.76. The molecule has 4 nitrogen and oxygen atoms in total. The molecule has 1 saturated carbocycles. The van der Waals surface area contributed by atoms with Gasteiger partial charge in [0.15, 0.2) is 0 Å². The first-order chi connectivity index (χ1) is 10.6. The van der Waals surface area contributed by atoms with Gasteiger partial charge in [-0.05, 0) is 54.9 Å². The van der Waals surface area contributed by atoms with Crippen molar-refractivity contribution in [2.75, 3.05) is 7.11 Å². The Hall–Kier alpha value is -2.17. The summed E-state index contributed by atoms with van der Waals surface area (Å²) in [7, 11) is 1.39. The number of rotatable bonds is 3. The lowest BCUT2D eigenvalue weighted by Crippen LogP contribution is -2.35. The van der Waals surface area contributed by atoms with Gasteiger partial charge >= 0.3 is 5.97 Å². The molecule has 2 aromatic rings. The molecule has 0 spiro atoms. The van der Waals surface area contributed by atoms with Gasteiger partial charge in [0.2, 0.25) is 0 Å². The molecule has 0 amide bonds. The van der Waals surface area contributed by atoms with Gasteiger partial charge in [-0.2, -0.15) is 5.10 Å². The third kappa shape index (κ3) is 2.21. The van der Waals surface area contributed by atoms with Crippen LogP contribution in [-0.4, -0.2) is 23.3 Å². The largest absolute Gasteiger partial charge is 0.468 e. The molecule has 1 aromatic carbocycles. The van der Waals surface area contributed by atoms with Gasteiger partial charge in [0.05, 0.1) is 18.7 Å². The Bertz CT molecular complexity index is 684. The first-order valence-electron chi connectivity index (χ1n) is 7.41. The maximum Gasteiger partial charge on any atom is 0.316 e. The standard InChI is InChI=1S/C17H19FN2O2/c1-11-14(4-3-5-15(11)18)17(16(21)22-2)7-6-12(8-17)13-9-19-20-10-13/h3-5,9-10,12H,6-8H2,1-2H3,(H,19,20). The molecule has 3 rings (SSSR count). The smallest absolute Gasteiger partial charge is 0.316 e. The number of aromatic nitrogens is 2. The average Bonchev–Trinajstić information content (AvgIpc) is 3.18. The highest BCUT2D eigenvalue weighted by atomic mass is 19.1. The summed E-state index contributed by atoms with van der Waals surface area (Å²) in [5.41, 5.74) is 1.58. The summed E-state index contributed by atoms with van der Waals surface area (Å²) in [5, 5.41) is 6.79. The lowest BCUT2D eigenvalue weighted by atomic mass is 9.75. The number of nitrogens with one attached hydrogen (secondary N) is 1. The number of methoxy groups -OCH3 is 1. The van der Waals surface area contributed by atoms with Crippen molar-refractivity contribution in [1.82, 2.24) is 10.2 Å². The normalized spacial score (nSPS) is 24.4. The van der Waals surface area contributed by atoms with E-state index in [0.29, 0.717) is 18.4 Å². The number of esters is 1. The minimum Gasteiger partial charge on any atom is -0.468 e. The zero-order valence-electron chi connectivity index (χ0n) is 12.7. The van der Waals surface area contributed by atoms with Crippen LogP contribution in [0.4, 0.5) is 4.39 Å². The van der Waals surface area contributed by atoms with Crippen LogP contribution in [0.2, 0.25) is 0 Å². The maximum absolute atomic E-state index is 14.0. The molecule has 2 atom stereocenters. The summed E-state index contributed by atoms with van der Waals surface area (Å²) in [4.78, 5) is 12.5. The fraction of sp³-hybridized carbons (Fsp3) is 0.412. The summed E-state index contributed by atoms with van der Waals surface area (Å²) in [6, 6.07) is 4.92. The van der Waals surface area contributed by atoms with Crippen LogP contribution in [0, 0.1) is 12.7 Å². The summed E-state index contributed by atoms with van der Waals surface area (Å²) in [6.45, 7) is 1.72. The molecule has 116 valence electrons. The minimum absolute atomic E-state index is 0.223. The van der Waals surface area contributed by atoms with E-state index in [1.54, 1.807) is 19.2 Å². The molecule has 0 bridgehead atoms. The van der Waals surface area contributed by atoms with Crippen LogP contribution in [0.25, 0.3) is 0 Å². The summed E-state index contributed by atoms with van der Waals surface area (Å²) >= 11 is 0. The van der Waals surface area contributed by atoms with Crippen molar-refractivity contribution in [3.63, 3.8) is 0 Å². The average molecular weight is 302 g/mol. The fourth-order valence-corrected chi connectivity index (χ4v) is 3.68. The predicted molar refractivity (Wildman–Crippen MR) is 80.0 cm³/mol. The van der Waals surface area contributed by atoms with E-state index < -0.39 is 5.41 Å². The minimum atomic E-state index is -0.775. The highest BCUT2D eigenvalue weighted by Crippen LogP contribution is 2.50. The molecule has 1 aliphatic carbocycles. The number of carbonyl (C=O) groups excluding carboxylic acids is 1. The molecule has 1 heterocycles. The Morgan fingerprint density at radius 2 is 2.32 bits per heavy atom. The molecule has 1 fully saturated rings. The van der Waals surface area contributed by atoms with E-state index in [-0.39, 0.29) is 17.7 Å². The van der Waals surface area contributed by atoms with Crippen LogP contribution < -0.4 is 0 Å². The molecule has 5 heteroatoms. The van der Waals surface area contributed by atoms with E-state index in [1.807, 2.05) is 12.3 Å². The molecule has 1 N–H and O–H groups in total. The third-order valence-corrected chi connectivity index (χ3v) is 4.86. The van der Waals surface area contributed by atoms with E-state index in [0.717, 1.165) is 17.5 Å². The van der Waals surface area contributed by atoms with Gasteiger partial charge < -0.3 is 4.74 Å². The number of ether oxygens (including phenoxy) is 1. The first kappa shape index (κ1) is 14.8. The van der Waals surface area contributed by atoms with Crippen LogP contribution in [0.1, 0.15) is 41.9 Å². The quantitative estimate of drug-likeness (QED) is 0.886. The van der Waals surface area contributed by atoms with Crippen molar-refractivity contribution in [3.05, 3.63) is 53.1 Å². The Balaban J connectivity index is 2.04. The SMILES string of the molecule is COC(=O)C1(c2cccc(F)c2C)CCC(c2cn[nH]c2)C1. The highest BCUT2D eigenvalue weighted by molar-refractivity contribution is 5.84. The predicted octanol–water partition coefficient (Wildman–Crippen LogP) is 3.24. The molecular weight excluding hydrogens is 283 g/mol. The van der Waals surface area contributed by atoms with Gasteiger partial charge in [-0.15, -0.1) is 0 Å². The van der Waals surface area contributed by atoms with Crippen molar-refractivity contribution in [2.45, 2.75) is 37.5 Å². The van der Waals surface area contributed by atoms with Crippen molar-refractivity contribution in [2.24, 2.45) is 0 Å². The second kappa shape index (κ2) is 5.55. The van der Waals surface area contributed by atoms with Gasteiger partial charge in [-0.25, -0.2) is 4.39 Å². The van der Waals surface area contributed by atoms with E-state index in [9.17, 15) is 9.18 Å². The van der Waals surface area contributed by atoms with E-state index in [2.05, 4.69) is 10.2 Å². The van der Waals surface area contributed by atoms with Crippen LogP contribution in [0.5, 0.6) is 0 Å². The Kier molecular flexibility index (Phi) is 3.72. The van der Waals surface area contributed by atoms with Gasteiger partial charge in [0.1, 0.15) is 5.82 Å². The summed E-state index contributed by atoms with van der Waals surface area (Å²) in [5.74, 6) is -0.347. The van der Waals surface area contributed by atoms with Crippen molar-refractivity contribution >= 4 is 5.97 Å². The Labute approximate surface area is 128 Å². The molecule has 0 saturated heterocycles. The first-order valence-corrected chi connectivity index (χ1v) is 7.41. The van der Waals surface area contributed by atoms with Gasteiger partial charge in [-0.1, -0.05) is 12.1 Å². The summed E-state index contributed by atoms with van der Waals surface area (Å²) < 4.78 is 19.0. The highest BCUT2D eigenvalue weighted by Gasteiger charge is 2.49. The fourth-order valence-electron chi connectivity index (χ4n) is 3.68. The molecular formula is C17H19FN2O2. The Morgan fingerprint density at radius 1 is 1.50 bits per heavy atom. The Morgan fingerprint density at radius 3 is 3.00 bits per heavy atom. The van der Waals surface area contributed by atoms with Gasteiger partial charge in [-0.3, -0.25) is 9.89 Å². The number of nitrogens with zero attached hydrogens (tertiary/aromatic N) is 1. The topological polar surface area (TPSA) is 55.0 Å². The molecule has 1 aromatic heterocycles. The molecule has 1 aliphatic rings. The van der Waals surface area contributed by atoms with Gasteiger partial charge in [0, 0.05) is 6.20 Å². The van der Waals surface area contributed by atoms with E-state index in [1.165, 1.54) is 13.2 Å². The lowest BCUT2D eigenvalue weighted by molar-refractivity contribution is -0.147. The van der Waals surface area contributed by atoms with Crippen LogP contribution in [0.3, 0.4) is 0 Å².